The van der Waals surface area contributed by atoms with Crippen molar-refractivity contribution in [2.45, 2.75) is 19.4 Å². The van der Waals surface area contributed by atoms with Gasteiger partial charge in [-0.2, -0.15) is 0 Å². The van der Waals surface area contributed by atoms with Crippen LogP contribution < -0.4 is 21.3 Å². The second-order valence-electron chi connectivity index (χ2n) is 8.10. The number of benzene rings is 2. The number of para-hydroxylation sites is 1. The second kappa shape index (κ2) is 10.6. The fourth-order valence-corrected chi connectivity index (χ4v) is 4.21. The summed E-state index contributed by atoms with van der Waals surface area (Å²) >= 11 is 3.38. The number of likely N-dealkylation sites (tertiary alicyclic amines) is 1. The van der Waals surface area contributed by atoms with Crippen LogP contribution in [0.25, 0.3) is 10.9 Å². The highest BCUT2D eigenvalue weighted by atomic mass is 79.9. The number of amides is 4. The Morgan fingerprint density at radius 3 is 2.70 bits per heavy atom. The summed E-state index contributed by atoms with van der Waals surface area (Å²) in [7, 11) is 0. The fourth-order valence-electron chi connectivity index (χ4n) is 3.94. The molecule has 172 valence electrons. The molecule has 33 heavy (non-hydrogen) atoms. The van der Waals surface area contributed by atoms with Gasteiger partial charge in [0.1, 0.15) is 0 Å². The van der Waals surface area contributed by atoms with Crippen molar-refractivity contribution in [3.63, 3.8) is 0 Å². The second-order valence-corrected chi connectivity index (χ2v) is 9.02. The number of aromatic nitrogens is 1. The molecule has 1 unspecified atom stereocenters. The maximum atomic E-state index is 12.4. The van der Waals surface area contributed by atoms with Crippen LogP contribution in [0.2, 0.25) is 0 Å². The number of anilines is 2. The van der Waals surface area contributed by atoms with Crippen LogP contribution in [0.3, 0.4) is 0 Å². The zero-order valence-corrected chi connectivity index (χ0v) is 20.0. The first-order chi connectivity index (χ1) is 16.0. The highest BCUT2D eigenvalue weighted by Gasteiger charge is 2.23. The van der Waals surface area contributed by atoms with Crippen molar-refractivity contribution in [3.05, 3.63) is 64.8 Å². The van der Waals surface area contributed by atoms with Gasteiger partial charge in [-0.3, -0.25) is 9.88 Å². The number of rotatable bonds is 6. The monoisotopic (exact) mass is 510 g/mol. The van der Waals surface area contributed by atoms with Crippen LogP contribution in [0.4, 0.5) is 21.0 Å². The molecule has 0 bridgehead atoms. The molecule has 4 amide bonds. The van der Waals surface area contributed by atoms with Gasteiger partial charge in [-0.1, -0.05) is 34.1 Å². The molecule has 0 saturated carbocycles. The molecule has 1 fully saturated rings. The van der Waals surface area contributed by atoms with Gasteiger partial charge in [0.2, 0.25) is 0 Å². The average molecular weight is 511 g/mol. The number of carbonyl (C=O) groups is 2. The summed E-state index contributed by atoms with van der Waals surface area (Å²) in [6.07, 6.45) is 0.877. The van der Waals surface area contributed by atoms with Gasteiger partial charge in [0, 0.05) is 53.5 Å². The molecule has 2 heterocycles. The lowest BCUT2D eigenvalue weighted by Gasteiger charge is -2.17. The molecule has 1 aromatic heterocycles. The van der Waals surface area contributed by atoms with Gasteiger partial charge in [-0.25, -0.2) is 9.59 Å². The molecule has 1 saturated heterocycles. The van der Waals surface area contributed by atoms with Gasteiger partial charge in [0.05, 0.1) is 11.2 Å². The van der Waals surface area contributed by atoms with E-state index < -0.39 is 0 Å². The summed E-state index contributed by atoms with van der Waals surface area (Å²) in [5, 5.41) is 12.6. The maximum absolute atomic E-state index is 12.4. The molecule has 3 aromatic rings. The van der Waals surface area contributed by atoms with Gasteiger partial charge in [-0.15, -0.1) is 0 Å². The highest BCUT2D eigenvalue weighted by Crippen LogP contribution is 2.22. The minimum absolute atomic E-state index is 0.0837. The quantitative estimate of drug-likeness (QED) is 0.396. The van der Waals surface area contributed by atoms with Crippen LogP contribution in [-0.2, 0) is 0 Å². The minimum Gasteiger partial charge on any atom is -0.337 e. The summed E-state index contributed by atoms with van der Waals surface area (Å²) in [5.74, 6) is 0. The van der Waals surface area contributed by atoms with E-state index in [4.69, 9.17) is 0 Å². The molecule has 8 nitrogen and oxygen atoms in total. The maximum Gasteiger partial charge on any atom is 0.319 e. The molecule has 9 heteroatoms. The summed E-state index contributed by atoms with van der Waals surface area (Å²) in [6, 6.07) is 16.7. The Labute approximate surface area is 201 Å². The van der Waals surface area contributed by atoms with Crippen LogP contribution in [-0.4, -0.2) is 54.2 Å². The molecule has 1 atom stereocenters. The zero-order chi connectivity index (χ0) is 23.2. The molecule has 2 aromatic carbocycles. The number of nitrogens with one attached hydrogen (secondary N) is 4. The molecule has 1 aliphatic heterocycles. The van der Waals surface area contributed by atoms with Crippen LogP contribution in [0.15, 0.2) is 59.1 Å². The molecule has 4 rings (SSSR count). The van der Waals surface area contributed by atoms with Gasteiger partial charge in [0.25, 0.3) is 0 Å². The smallest absolute Gasteiger partial charge is 0.319 e. The number of carbonyl (C=O) groups excluding carboxylic acids is 2. The SMILES string of the molecule is Cc1cc(NC(=O)NCCN2CCC(NC(=O)Nc3ccc(Br)cc3)C2)c2ccccc2n1. The van der Waals surface area contributed by atoms with Crippen LogP contribution in [0, 0.1) is 6.92 Å². The molecular weight excluding hydrogens is 484 g/mol. The van der Waals surface area contributed by atoms with Gasteiger partial charge >= 0.3 is 12.1 Å². The molecule has 0 radical (unpaired) electrons. The van der Waals surface area contributed by atoms with E-state index in [0.717, 1.165) is 58.5 Å². The highest BCUT2D eigenvalue weighted by molar-refractivity contribution is 9.10. The van der Waals surface area contributed by atoms with E-state index in [1.807, 2.05) is 61.5 Å². The number of hydrogen-bond acceptors (Lipinski definition) is 4. The van der Waals surface area contributed by atoms with E-state index in [0.29, 0.717) is 6.54 Å². The number of nitrogens with zero attached hydrogens (tertiary/aromatic N) is 2. The lowest BCUT2D eigenvalue weighted by atomic mass is 10.1. The van der Waals surface area contributed by atoms with E-state index in [9.17, 15) is 9.59 Å². The van der Waals surface area contributed by atoms with E-state index in [1.165, 1.54) is 0 Å². The zero-order valence-electron chi connectivity index (χ0n) is 18.4. The van der Waals surface area contributed by atoms with Gasteiger partial charge in [0.15, 0.2) is 0 Å². The Morgan fingerprint density at radius 2 is 1.88 bits per heavy atom. The number of fused-ring (bicyclic) bond motifs is 1. The van der Waals surface area contributed by atoms with Crippen LogP contribution >= 0.6 is 15.9 Å². The third-order valence-corrected chi connectivity index (χ3v) is 6.04. The Balaban J connectivity index is 1.19. The Bertz CT molecular complexity index is 1140. The lowest BCUT2D eigenvalue weighted by Crippen LogP contribution is -2.41. The fraction of sp³-hybridized carbons (Fsp3) is 0.292. The van der Waals surface area contributed by atoms with Crippen molar-refractivity contribution in [2.75, 3.05) is 36.8 Å². The van der Waals surface area contributed by atoms with Crippen LogP contribution in [0.5, 0.6) is 0 Å². The predicted octanol–water partition coefficient (Wildman–Crippen LogP) is 4.32. The van der Waals surface area contributed by atoms with Crippen molar-refractivity contribution in [3.8, 4) is 0 Å². The normalized spacial score (nSPS) is 15.9. The number of hydrogen-bond donors (Lipinski definition) is 4. The van der Waals surface area contributed by atoms with Crippen LogP contribution in [0.1, 0.15) is 12.1 Å². The summed E-state index contributed by atoms with van der Waals surface area (Å²) in [5.41, 5.74) is 3.20. The first-order valence-corrected chi connectivity index (χ1v) is 11.7. The van der Waals surface area contributed by atoms with E-state index in [-0.39, 0.29) is 18.1 Å². The minimum atomic E-state index is -0.242. The Kier molecular flexibility index (Phi) is 7.41. The summed E-state index contributed by atoms with van der Waals surface area (Å²) < 4.78 is 0.964. The van der Waals surface area contributed by atoms with E-state index >= 15 is 0 Å². The third-order valence-electron chi connectivity index (χ3n) is 5.52. The lowest BCUT2D eigenvalue weighted by molar-refractivity contribution is 0.247. The summed E-state index contributed by atoms with van der Waals surface area (Å²) in [6.45, 7) is 4.78. The van der Waals surface area contributed by atoms with Crippen molar-refractivity contribution >= 4 is 50.3 Å². The van der Waals surface area contributed by atoms with Crippen molar-refractivity contribution in [2.24, 2.45) is 0 Å². The van der Waals surface area contributed by atoms with Gasteiger partial charge < -0.3 is 21.3 Å². The molecular formula is C24H27BrN6O2. The first kappa shape index (κ1) is 23.0. The Morgan fingerprint density at radius 1 is 1.09 bits per heavy atom. The topological polar surface area (TPSA) is 98.4 Å². The number of urea groups is 2. The number of aryl methyl sites for hydroxylation is 1. The van der Waals surface area contributed by atoms with Crippen molar-refractivity contribution < 1.29 is 9.59 Å². The molecule has 0 aliphatic carbocycles. The summed E-state index contributed by atoms with van der Waals surface area (Å²) in [4.78, 5) is 31.4. The van der Waals surface area contributed by atoms with E-state index in [1.54, 1.807) is 0 Å². The molecule has 0 spiro atoms. The molecule has 4 N–H and O–H groups in total. The van der Waals surface area contributed by atoms with Gasteiger partial charge in [-0.05, 0) is 49.7 Å². The Hall–Kier alpha value is -3.17. The third kappa shape index (κ3) is 6.43. The molecule has 1 aliphatic rings. The predicted molar refractivity (Wildman–Crippen MR) is 135 cm³/mol. The number of pyridine rings is 1. The average Bonchev–Trinajstić information content (AvgIpc) is 3.22. The standard InChI is InChI=1S/C24H27BrN6O2/c1-16-14-22(20-4-2-3-5-21(20)27-16)30-23(32)26-11-13-31-12-10-19(15-31)29-24(33)28-18-8-6-17(25)7-9-18/h2-9,14,19H,10-13,15H2,1H3,(H2,28,29,33)(H2,26,27,30,32). The number of halogens is 1. The van der Waals surface area contributed by atoms with E-state index in [2.05, 4.69) is 47.1 Å². The largest absolute Gasteiger partial charge is 0.337 e. The van der Waals surface area contributed by atoms with Crippen molar-refractivity contribution in [1.29, 1.82) is 0 Å². The first-order valence-electron chi connectivity index (χ1n) is 10.9. The van der Waals surface area contributed by atoms with Crippen molar-refractivity contribution in [1.82, 2.24) is 20.5 Å².